The second-order valence-corrected chi connectivity index (χ2v) is 2.94. The van der Waals surface area contributed by atoms with E-state index in [0.717, 1.165) is 0 Å². The largest absolute Gasteiger partial charge is 0.491 e. The van der Waals surface area contributed by atoms with E-state index in [1.54, 1.807) is 7.05 Å². The molecule has 1 aromatic heterocycles. The van der Waals surface area contributed by atoms with E-state index in [-0.39, 0.29) is 12.5 Å². The third-order valence-corrected chi connectivity index (χ3v) is 2.34. The SMILES string of the molecule is Cn1nc(O)c(I)c1CO. The third-order valence-electron chi connectivity index (χ3n) is 1.23. The van der Waals surface area contributed by atoms with Gasteiger partial charge in [-0.1, -0.05) is 0 Å². The first-order chi connectivity index (χ1) is 4.66. The highest BCUT2D eigenvalue weighted by atomic mass is 127. The minimum absolute atomic E-state index is 0.0212. The van der Waals surface area contributed by atoms with Crippen molar-refractivity contribution in [2.75, 3.05) is 0 Å². The second kappa shape index (κ2) is 2.75. The van der Waals surface area contributed by atoms with Crippen molar-refractivity contribution in [1.82, 2.24) is 9.78 Å². The first-order valence-corrected chi connectivity index (χ1v) is 3.76. The number of aromatic nitrogens is 2. The number of halogens is 1. The van der Waals surface area contributed by atoms with Gasteiger partial charge >= 0.3 is 0 Å². The molecule has 0 unspecified atom stereocenters. The molecule has 5 heteroatoms. The first kappa shape index (κ1) is 7.80. The molecule has 1 rings (SSSR count). The van der Waals surface area contributed by atoms with Crippen LogP contribution in [0.2, 0.25) is 0 Å². The van der Waals surface area contributed by atoms with E-state index in [9.17, 15) is 0 Å². The molecule has 0 amide bonds. The molecule has 0 saturated carbocycles. The van der Waals surface area contributed by atoms with Crippen molar-refractivity contribution >= 4 is 22.6 Å². The molecular weight excluding hydrogens is 247 g/mol. The Labute approximate surface area is 71.6 Å². The zero-order valence-corrected chi connectivity index (χ0v) is 7.53. The van der Waals surface area contributed by atoms with Gasteiger partial charge in [-0.3, -0.25) is 4.68 Å². The predicted octanol–water partition coefficient (Wildman–Crippen LogP) is 0.223. The van der Waals surface area contributed by atoms with Gasteiger partial charge in [0, 0.05) is 7.05 Å². The number of nitrogens with zero attached hydrogens (tertiary/aromatic N) is 2. The van der Waals surface area contributed by atoms with Crippen LogP contribution in [-0.2, 0) is 13.7 Å². The Bertz CT molecular complexity index is 246. The topological polar surface area (TPSA) is 58.3 Å². The van der Waals surface area contributed by atoms with Crippen molar-refractivity contribution in [3.63, 3.8) is 0 Å². The fourth-order valence-corrected chi connectivity index (χ4v) is 1.32. The van der Waals surface area contributed by atoms with Gasteiger partial charge in [0.1, 0.15) is 0 Å². The molecule has 0 aliphatic heterocycles. The summed E-state index contributed by atoms with van der Waals surface area (Å²) in [6, 6.07) is 0. The molecule has 1 aromatic rings. The summed E-state index contributed by atoms with van der Waals surface area (Å²) in [5, 5.41) is 21.4. The summed E-state index contributed by atoms with van der Waals surface area (Å²) in [4.78, 5) is 0. The number of aryl methyl sites for hydroxylation is 1. The summed E-state index contributed by atoms with van der Waals surface area (Å²) < 4.78 is 2.07. The molecule has 0 aromatic carbocycles. The van der Waals surface area contributed by atoms with Gasteiger partial charge in [0.15, 0.2) is 0 Å². The summed E-state index contributed by atoms with van der Waals surface area (Å²) in [5.41, 5.74) is 0.637. The van der Waals surface area contributed by atoms with E-state index in [1.807, 2.05) is 22.6 Å². The zero-order valence-electron chi connectivity index (χ0n) is 5.37. The third kappa shape index (κ3) is 1.10. The van der Waals surface area contributed by atoms with Crippen LogP contribution in [0.15, 0.2) is 0 Å². The molecule has 0 fully saturated rings. The smallest absolute Gasteiger partial charge is 0.244 e. The van der Waals surface area contributed by atoms with E-state index < -0.39 is 0 Å². The minimum atomic E-state index is -0.0949. The lowest BCUT2D eigenvalue weighted by atomic mass is 10.4. The molecule has 0 radical (unpaired) electrons. The van der Waals surface area contributed by atoms with Gasteiger partial charge < -0.3 is 10.2 Å². The molecule has 0 atom stereocenters. The molecule has 4 nitrogen and oxygen atoms in total. The summed E-state index contributed by atoms with van der Waals surface area (Å²) >= 11 is 1.93. The van der Waals surface area contributed by atoms with Gasteiger partial charge in [-0.25, -0.2) is 0 Å². The summed E-state index contributed by atoms with van der Waals surface area (Å²) in [6.07, 6.45) is 0. The van der Waals surface area contributed by atoms with Crippen molar-refractivity contribution in [1.29, 1.82) is 0 Å². The van der Waals surface area contributed by atoms with Gasteiger partial charge in [-0.2, -0.15) is 0 Å². The number of rotatable bonds is 1. The molecule has 1 heterocycles. The zero-order chi connectivity index (χ0) is 7.72. The van der Waals surface area contributed by atoms with Gasteiger partial charge in [0.05, 0.1) is 15.9 Å². The van der Waals surface area contributed by atoms with Crippen LogP contribution in [0, 0.1) is 3.57 Å². The Morgan fingerprint density at radius 3 is 2.50 bits per heavy atom. The highest BCUT2D eigenvalue weighted by Crippen LogP contribution is 2.20. The van der Waals surface area contributed by atoms with Gasteiger partial charge in [0.2, 0.25) is 5.88 Å². The van der Waals surface area contributed by atoms with E-state index in [4.69, 9.17) is 10.2 Å². The maximum absolute atomic E-state index is 9.00. The maximum Gasteiger partial charge on any atom is 0.244 e. The van der Waals surface area contributed by atoms with Crippen molar-refractivity contribution in [2.24, 2.45) is 7.05 Å². The Hall–Kier alpha value is -0.300. The lowest BCUT2D eigenvalue weighted by molar-refractivity contribution is 0.269. The van der Waals surface area contributed by atoms with E-state index in [0.29, 0.717) is 9.26 Å². The molecule has 0 aliphatic rings. The van der Waals surface area contributed by atoms with Gasteiger partial charge in [-0.05, 0) is 22.6 Å². The lowest BCUT2D eigenvalue weighted by Gasteiger charge is -1.94. The molecule has 0 aliphatic carbocycles. The number of hydrogen-bond acceptors (Lipinski definition) is 3. The quantitative estimate of drug-likeness (QED) is 0.705. The molecule has 0 bridgehead atoms. The molecule has 2 N–H and O–H groups in total. The Kier molecular flexibility index (Phi) is 2.14. The average molecular weight is 254 g/mol. The van der Waals surface area contributed by atoms with Crippen molar-refractivity contribution < 1.29 is 10.2 Å². The fourth-order valence-electron chi connectivity index (χ4n) is 0.689. The number of aliphatic hydroxyl groups is 1. The van der Waals surface area contributed by atoms with E-state index in [1.165, 1.54) is 4.68 Å². The number of aromatic hydroxyl groups is 1. The van der Waals surface area contributed by atoms with Gasteiger partial charge in [0.25, 0.3) is 0 Å². The van der Waals surface area contributed by atoms with Crippen molar-refractivity contribution in [2.45, 2.75) is 6.61 Å². The van der Waals surface area contributed by atoms with E-state index >= 15 is 0 Å². The highest BCUT2D eigenvalue weighted by molar-refractivity contribution is 14.1. The summed E-state index contributed by atoms with van der Waals surface area (Å²) in [5.74, 6) is -0.0212. The van der Waals surface area contributed by atoms with Crippen LogP contribution in [0.5, 0.6) is 5.88 Å². The van der Waals surface area contributed by atoms with Crippen LogP contribution >= 0.6 is 22.6 Å². The number of hydrogen-bond donors (Lipinski definition) is 2. The molecule has 0 saturated heterocycles. The average Bonchev–Trinajstić information content (AvgIpc) is 2.09. The van der Waals surface area contributed by atoms with Crippen LogP contribution in [0.25, 0.3) is 0 Å². The second-order valence-electron chi connectivity index (χ2n) is 1.87. The van der Waals surface area contributed by atoms with Crippen LogP contribution in [0.4, 0.5) is 0 Å². The normalized spacial score (nSPS) is 10.3. The van der Waals surface area contributed by atoms with Crippen LogP contribution in [0.1, 0.15) is 5.69 Å². The minimum Gasteiger partial charge on any atom is -0.491 e. The van der Waals surface area contributed by atoms with Crippen molar-refractivity contribution in [3.05, 3.63) is 9.26 Å². The monoisotopic (exact) mass is 254 g/mol. The Balaban J connectivity index is 3.20. The van der Waals surface area contributed by atoms with Crippen LogP contribution in [-0.4, -0.2) is 20.0 Å². The van der Waals surface area contributed by atoms with Crippen LogP contribution in [0.3, 0.4) is 0 Å². The molecule has 0 spiro atoms. The predicted molar refractivity (Wildman–Crippen MR) is 43.5 cm³/mol. The Morgan fingerprint density at radius 2 is 2.30 bits per heavy atom. The van der Waals surface area contributed by atoms with Gasteiger partial charge in [-0.15, -0.1) is 5.10 Å². The maximum atomic E-state index is 9.00. The van der Waals surface area contributed by atoms with Crippen LogP contribution < -0.4 is 0 Å². The lowest BCUT2D eigenvalue weighted by Crippen LogP contribution is -1.98. The highest BCUT2D eigenvalue weighted by Gasteiger charge is 2.10. The van der Waals surface area contributed by atoms with E-state index in [2.05, 4.69) is 5.10 Å². The standard InChI is InChI=1S/C5H7IN2O2/c1-8-3(2-9)4(6)5(10)7-8/h9H,2H2,1H3,(H,7,10). The molecule has 10 heavy (non-hydrogen) atoms. The summed E-state index contributed by atoms with van der Waals surface area (Å²) in [7, 11) is 1.67. The Morgan fingerprint density at radius 1 is 1.70 bits per heavy atom. The molecular formula is C5H7IN2O2. The number of aliphatic hydroxyl groups excluding tert-OH is 1. The summed E-state index contributed by atoms with van der Waals surface area (Å²) in [6.45, 7) is -0.0949. The first-order valence-electron chi connectivity index (χ1n) is 2.68. The van der Waals surface area contributed by atoms with Crippen molar-refractivity contribution in [3.8, 4) is 5.88 Å². The molecule has 56 valence electrons. The fraction of sp³-hybridized carbons (Fsp3) is 0.400.